The van der Waals surface area contributed by atoms with E-state index in [1.165, 1.54) is 0 Å². The van der Waals surface area contributed by atoms with Gasteiger partial charge in [-0.15, -0.1) is 6.58 Å². The molecule has 0 bridgehead atoms. The number of carbonyl (C=O) groups is 2. The number of nitriles is 1. The molecule has 0 saturated carbocycles. The second-order valence-corrected chi connectivity index (χ2v) is 4.91. The van der Waals surface area contributed by atoms with Crippen LogP contribution in [0.2, 0.25) is 0 Å². The lowest BCUT2D eigenvalue weighted by molar-refractivity contribution is -0.146. The highest BCUT2D eigenvalue weighted by molar-refractivity contribution is 5.84. The lowest BCUT2D eigenvalue weighted by Gasteiger charge is -2.17. The van der Waals surface area contributed by atoms with E-state index < -0.39 is 12.0 Å². The molecule has 0 saturated heterocycles. The van der Waals surface area contributed by atoms with E-state index >= 15 is 0 Å². The van der Waals surface area contributed by atoms with Crippen molar-refractivity contribution in [3.63, 3.8) is 0 Å². The lowest BCUT2D eigenvalue weighted by atomic mass is 10.0. The van der Waals surface area contributed by atoms with E-state index in [4.69, 9.17) is 10.00 Å². The van der Waals surface area contributed by atoms with Crippen molar-refractivity contribution in [1.82, 2.24) is 5.32 Å². The lowest BCUT2D eigenvalue weighted by Crippen LogP contribution is -2.43. The standard InChI is InChI=1S/C17H20N2O3/c1-3-4-8-16(20)19-15(17(21)22-10-9-18)12-14-7-5-6-13(2)11-14/h3,5-7,11,15H,1,4,8,10,12H2,2H3,(H,19,20)/t15-/m0/s1. The fraction of sp³-hybridized carbons (Fsp3) is 0.353. The summed E-state index contributed by atoms with van der Waals surface area (Å²) in [6.07, 6.45) is 2.77. The number of hydrogen-bond acceptors (Lipinski definition) is 4. The Labute approximate surface area is 130 Å². The van der Waals surface area contributed by atoms with Gasteiger partial charge >= 0.3 is 5.97 Å². The van der Waals surface area contributed by atoms with E-state index in [9.17, 15) is 9.59 Å². The molecule has 0 aromatic heterocycles. The molecular weight excluding hydrogens is 280 g/mol. The van der Waals surface area contributed by atoms with Gasteiger partial charge in [-0.2, -0.15) is 5.26 Å². The molecule has 1 N–H and O–H groups in total. The molecule has 5 heteroatoms. The second kappa shape index (κ2) is 9.35. The molecule has 116 valence electrons. The van der Waals surface area contributed by atoms with Crippen molar-refractivity contribution in [2.45, 2.75) is 32.2 Å². The number of hydrogen-bond donors (Lipinski definition) is 1. The monoisotopic (exact) mass is 300 g/mol. The number of nitrogens with zero attached hydrogens (tertiary/aromatic N) is 1. The number of ether oxygens (including phenoxy) is 1. The molecular formula is C17H20N2O3. The molecule has 0 aliphatic rings. The molecule has 1 aromatic rings. The summed E-state index contributed by atoms with van der Waals surface area (Å²) in [5, 5.41) is 11.2. The SMILES string of the molecule is C=CCCC(=O)N[C@@H](Cc1cccc(C)c1)C(=O)OCC#N. The van der Waals surface area contributed by atoms with Gasteiger partial charge in [-0.25, -0.2) is 4.79 Å². The second-order valence-electron chi connectivity index (χ2n) is 4.91. The Morgan fingerprint density at radius 3 is 2.91 bits per heavy atom. The smallest absolute Gasteiger partial charge is 0.330 e. The molecule has 0 spiro atoms. The van der Waals surface area contributed by atoms with Crippen LogP contribution < -0.4 is 5.32 Å². The first-order chi connectivity index (χ1) is 10.6. The number of aryl methyl sites for hydroxylation is 1. The van der Waals surface area contributed by atoms with E-state index in [-0.39, 0.29) is 18.9 Å². The zero-order valence-corrected chi connectivity index (χ0v) is 12.7. The largest absolute Gasteiger partial charge is 0.449 e. The average molecular weight is 300 g/mol. The van der Waals surface area contributed by atoms with Crippen LogP contribution >= 0.6 is 0 Å². The summed E-state index contributed by atoms with van der Waals surface area (Å²) in [7, 11) is 0. The van der Waals surface area contributed by atoms with E-state index in [2.05, 4.69) is 11.9 Å². The highest BCUT2D eigenvalue weighted by atomic mass is 16.5. The minimum absolute atomic E-state index is 0.244. The predicted molar refractivity (Wildman–Crippen MR) is 82.8 cm³/mol. The van der Waals surface area contributed by atoms with Gasteiger partial charge in [-0.1, -0.05) is 35.9 Å². The fourth-order valence-electron chi connectivity index (χ4n) is 1.97. The molecule has 1 rings (SSSR count). The van der Waals surface area contributed by atoms with E-state index in [1.54, 1.807) is 12.1 Å². The predicted octanol–water partition coefficient (Wildman–Crippen LogP) is 2.06. The number of allylic oxidation sites excluding steroid dienone is 1. The third-order valence-corrected chi connectivity index (χ3v) is 3.00. The zero-order chi connectivity index (χ0) is 16.4. The quantitative estimate of drug-likeness (QED) is 0.588. The number of esters is 1. The van der Waals surface area contributed by atoms with Crippen molar-refractivity contribution in [3.8, 4) is 6.07 Å². The van der Waals surface area contributed by atoms with E-state index in [0.29, 0.717) is 12.8 Å². The van der Waals surface area contributed by atoms with Gasteiger partial charge < -0.3 is 10.1 Å². The first kappa shape index (κ1) is 17.4. The molecule has 1 amide bonds. The topological polar surface area (TPSA) is 79.2 Å². The highest BCUT2D eigenvalue weighted by Gasteiger charge is 2.22. The van der Waals surface area contributed by atoms with Gasteiger partial charge in [0.25, 0.3) is 0 Å². The summed E-state index contributed by atoms with van der Waals surface area (Å²) in [6.45, 7) is 5.18. The van der Waals surface area contributed by atoms with Crippen molar-refractivity contribution >= 4 is 11.9 Å². The van der Waals surface area contributed by atoms with Gasteiger partial charge in [-0.05, 0) is 18.9 Å². The summed E-state index contributed by atoms with van der Waals surface area (Å²) in [5.74, 6) is -0.846. The Morgan fingerprint density at radius 1 is 1.50 bits per heavy atom. The summed E-state index contributed by atoms with van der Waals surface area (Å²) in [5.41, 5.74) is 1.99. The molecule has 0 aliphatic carbocycles. The molecule has 1 aromatic carbocycles. The van der Waals surface area contributed by atoms with Gasteiger partial charge in [0.15, 0.2) is 6.61 Å². The minimum atomic E-state index is -0.799. The van der Waals surface area contributed by atoms with Crippen molar-refractivity contribution in [3.05, 3.63) is 48.0 Å². The van der Waals surface area contributed by atoms with Crippen LogP contribution in [0.1, 0.15) is 24.0 Å². The molecule has 0 unspecified atom stereocenters. The van der Waals surface area contributed by atoms with E-state index in [1.807, 2.05) is 31.2 Å². The highest BCUT2D eigenvalue weighted by Crippen LogP contribution is 2.08. The molecule has 22 heavy (non-hydrogen) atoms. The Balaban J connectivity index is 2.76. The van der Waals surface area contributed by atoms with Crippen LogP contribution in [0.5, 0.6) is 0 Å². The van der Waals surface area contributed by atoms with Gasteiger partial charge in [0.05, 0.1) is 0 Å². The summed E-state index contributed by atoms with van der Waals surface area (Å²) in [4.78, 5) is 23.8. The molecule has 5 nitrogen and oxygen atoms in total. The van der Waals surface area contributed by atoms with Crippen LogP contribution in [0.25, 0.3) is 0 Å². The van der Waals surface area contributed by atoms with Crippen LogP contribution in [-0.2, 0) is 20.7 Å². The molecule has 0 fully saturated rings. The van der Waals surface area contributed by atoms with Crippen molar-refractivity contribution in [2.75, 3.05) is 6.61 Å². The summed E-state index contributed by atoms with van der Waals surface area (Å²) < 4.78 is 4.83. The number of amides is 1. The number of nitrogens with one attached hydrogen (secondary N) is 1. The normalized spacial score (nSPS) is 11.1. The van der Waals surface area contributed by atoms with Crippen LogP contribution in [0.15, 0.2) is 36.9 Å². The maximum Gasteiger partial charge on any atom is 0.330 e. The number of carbonyl (C=O) groups excluding carboxylic acids is 2. The first-order valence-corrected chi connectivity index (χ1v) is 7.06. The van der Waals surface area contributed by atoms with Crippen LogP contribution in [-0.4, -0.2) is 24.5 Å². The summed E-state index contributed by atoms with van der Waals surface area (Å²) in [6, 6.07) is 8.62. The summed E-state index contributed by atoms with van der Waals surface area (Å²) >= 11 is 0. The van der Waals surface area contributed by atoms with Crippen molar-refractivity contribution in [2.24, 2.45) is 0 Å². The molecule has 0 radical (unpaired) electrons. The maximum atomic E-state index is 12.0. The fourth-order valence-corrected chi connectivity index (χ4v) is 1.97. The van der Waals surface area contributed by atoms with Crippen LogP contribution in [0.3, 0.4) is 0 Å². The van der Waals surface area contributed by atoms with Gasteiger partial charge in [0.2, 0.25) is 5.91 Å². The molecule has 0 heterocycles. The Morgan fingerprint density at radius 2 is 2.27 bits per heavy atom. The van der Waals surface area contributed by atoms with Gasteiger partial charge in [0.1, 0.15) is 12.1 Å². The van der Waals surface area contributed by atoms with E-state index in [0.717, 1.165) is 11.1 Å². The average Bonchev–Trinajstić information content (AvgIpc) is 2.50. The minimum Gasteiger partial charge on any atom is -0.449 e. The Hall–Kier alpha value is -2.61. The Kier molecular flexibility index (Phi) is 7.41. The first-order valence-electron chi connectivity index (χ1n) is 7.06. The van der Waals surface area contributed by atoms with Crippen molar-refractivity contribution < 1.29 is 14.3 Å². The number of rotatable bonds is 8. The van der Waals surface area contributed by atoms with Crippen molar-refractivity contribution in [1.29, 1.82) is 5.26 Å². The van der Waals surface area contributed by atoms with Gasteiger partial charge in [0, 0.05) is 12.8 Å². The van der Waals surface area contributed by atoms with Crippen LogP contribution in [0.4, 0.5) is 0 Å². The van der Waals surface area contributed by atoms with Crippen LogP contribution in [0, 0.1) is 18.3 Å². The van der Waals surface area contributed by atoms with Gasteiger partial charge in [-0.3, -0.25) is 4.79 Å². The number of benzene rings is 1. The third-order valence-electron chi connectivity index (χ3n) is 3.00. The molecule has 0 aliphatic heterocycles. The molecule has 1 atom stereocenters. The maximum absolute atomic E-state index is 12.0. The zero-order valence-electron chi connectivity index (χ0n) is 12.7. The third kappa shape index (κ3) is 6.23. The Bertz CT molecular complexity index is 576.